The number of nitrogens with zero attached hydrogens (tertiary/aromatic N) is 1. The van der Waals surface area contributed by atoms with Gasteiger partial charge in [-0.25, -0.2) is 0 Å². The Balaban J connectivity index is 2.55. The van der Waals surface area contributed by atoms with E-state index in [2.05, 4.69) is 5.32 Å². The average molecular weight is 409 g/mol. The molecule has 0 heterocycles. The van der Waals surface area contributed by atoms with Crippen molar-refractivity contribution < 1.29 is 19.2 Å². The summed E-state index contributed by atoms with van der Waals surface area (Å²) < 4.78 is 10.3. The highest BCUT2D eigenvalue weighted by Gasteiger charge is 2.31. The number of thioether (sulfide) groups is 1. The minimum atomic E-state index is -0.835. The Labute approximate surface area is 165 Å². The Bertz CT molecular complexity index is 887. The zero-order chi connectivity index (χ0) is 20.0. The van der Waals surface area contributed by atoms with Gasteiger partial charge in [-0.15, -0.1) is 11.8 Å². The van der Waals surface area contributed by atoms with Crippen LogP contribution in [0.4, 0.5) is 5.69 Å². The molecule has 0 spiro atoms. The minimum Gasteiger partial charge on any atom is -0.493 e. The molecule has 0 bridgehead atoms. The van der Waals surface area contributed by atoms with Crippen molar-refractivity contribution in [3.05, 3.63) is 73.9 Å². The molecule has 0 aromatic heterocycles. The van der Waals surface area contributed by atoms with E-state index in [0.29, 0.717) is 11.4 Å². The molecule has 1 N–H and O–H groups in total. The number of ether oxygens (including phenoxy) is 2. The van der Waals surface area contributed by atoms with Gasteiger partial charge in [-0.05, 0) is 24.5 Å². The topological polar surface area (TPSA) is 90.7 Å². The number of carbonyl (C=O) groups excluding carboxylic acids is 1. The lowest BCUT2D eigenvalue weighted by atomic mass is 10.1. The first kappa shape index (κ1) is 20.6. The molecule has 2 rings (SSSR count). The van der Waals surface area contributed by atoms with E-state index in [-0.39, 0.29) is 21.4 Å². The number of Topliss-reactive ketones (excluding diaryl/α,β-unsaturated/α-hetero) is 1. The van der Waals surface area contributed by atoms with Crippen LogP contribution < -0.4 is 14.8 Å². The Hall–Kier alpha value is -2.71. The van der Waals surface area contributed by atoms with Crippen LogP contribution in [0.3, 0.4) is 0 Å². The highest BCUT2D eigenvalue weighted by Crippen LogP contribution is 2.35. The number of ketones is 1. The number of methoxy groups -OCH3 is 2. The van der Waals surface area contributed by atoms with E-state index in [1.807, 2.05) is 6.07 Å². The molecule has 2 aromatic carbocycles. The summed E-state index contributed by atoms with van der Waals surface area (Å²) in [6, 6.07) is 11.6. The third kappa shape index (κ3) is 4.72. The Morgan fingerprint density at radius 2 is 1.74 bits per heavy atom. The number of benzene rings is 2. The fourth-order valence-corrected chi connectivity index (χ4v) is 3.10. The van der Waals surface area contributed by atoms with Gasteiger partial charge in [0.15, 0.2) is 16.5 Å². The van der Waals surface area contributed by atoms with Crippen LogP contribution in [0.25, 0.3) is 0 Å². The molecule has 0 aliphatic rings. The highest BCUT2D eigenvalue weighted by molar-refractivity contribution is 8.02. The number of allylic oxidation sites excluding steroid dienone is 1. The zero-order valence-electron chi connectivity index (χ0n) is 14.8. The molecule has 0 aliphatic heterocycles. The maximum atomic E-state index is 12.9. The number of carbonyl (C=O) groups is 1. The molecule has 2 aromatic rings. The summed E-state index contributed by atoms with van der Waals surface area (Å²) in [6.45, 7) is 0. The van der Waals surface area contributed by atoms with E-state index >= 15 is 0 Å². The number of rotatable bonds is 8. The maximum absolute atomic E-state index is 12.9. The normalized spacial score (nSPS) is 11.4. The summed E-state index contributed by atoms with van der Waals surface area (Å²) >= 11 is 7.21. The maximum Gasteiger partial charge on any atom is 0.346 e. The SMILES string of the molecule is COc1cc(Cl)c(C(=O)/C(=C(\Nc2ccccc2)SC)[N+](=O)[O-])cc1OC. The second-order valence-corrected chi connectivity index (χ2v) is 6.37. The molecular weight excluding hydrogens is 392 g/mol. The van der Waals surface area contributed by atoms with E-state index in [9.17, 15) is 14.9 Å². The first-order valence-corrected chi connectivity index (χ1v) is 9.24. The van der Waals surface area contributed by atoms with Gasteiger partial charge in [0.2, 0.25) is 0 Å². The van der Waals surface area contributed by atoms with Gasteiger partial charge in [0.25, 0.3) is 5.78 Å². The van der Waals surface area contributed by atoms with Gasteiger partial charge < -0.3 is 14.8 Å². The molecule has 0 atom stereocenters. The van der Waals surface area contributed by atoms with Gasteiger partial charge in [0.05, 0.1) is 29.7 Å². The zero-order valence-corrected chi connectivity index (χ0v) is 16.4. The predicted molar refractivity (Wildman–Crippen MR) is 106 cm³/mol. The fourth-order valence-electron chi connectivity index (χ4n) is 2.28. The lowest BCUT2D eigenvalue weighted by Gasteiger charge is -2.12. The average Bonchev–Trinajstić information content (AvgIpc) is 2.67. The lowest BCUT2D eigenvalue weighted by molar-refractivity contribution is -0.417. The number of para-hydroxylation sites is 1. The molecule has 0 amide bonds. The monoisotopic (exact) mass is 408 g/mol. The Kier molecular flexibility index (Phi) is 7.09. The summed E-state index contributed by atoms with van der Waals surface area (Å²) in [6.07, 6.45) is 1.64. The van der Waals surface area contributed by atoms with Crippen LogP contribution >= 0.6 is 23.4 Å². The molecule has 0 saturated heterocycles. The van der Waals surface area contributed by atoms with Crippen molar-refractivity contribution >= 4 is 34.8 Å². The lowest BCUT2D eigenvalue weighted by Crippen LogP contribution is -2.17. The third-order valence-corrected chi connectivity index (χ3v) is 4.58. The molecule has 0 aliphatic carbocycles. The standard InChI is InChI=1S/C18H17ClN2O5S/c1-25-14-9-12(13(19)10-15(14)26-2)17(22)16(21(23)24)18(27-3)20-11-7-5-4-6-8-11/h4-10,20H,1-3H3/b18-16-. The Morgan fingerprint density at radius 1 is 1.15 bits per heavy atom. The van der Waals surface area contributed by atoms with Gasteiger partial charge in [0, 0.05) is 11.8 Å². The van der Waals surface area contributed by atoms with Crippen molar-refractivity contribution in [1.29, 1.82) is 0 Å². The van der Waals surface area contributed by atoms with Crippen LogP contribution in [-0.2, 0) is 0 Å². The van der Waals surface area contributed by atoms with E-state index in [4.69, 9.17) is 21.1 Å². The molecule has 9 heteroatoms. The number of anilines is 1. The second kappa shape index (κ2) is 9.29. The summed E-state index contributed by atoms with van der Waals surface area (Å²) in [5.41, 5.74) is -0.0460. The van der Waals surface area contributed by atoms with Crippen LogP contribution in [0, 0.1) is 10.1 Å². The number of nitrogens with one attached hydrogen (secondary N) is 1. The molecule has 27 heavy (non-hydrogen) atoms. The number of hydrogen-bond acceptors (Lipinski definition) is 7. The van der Waals surface area contributed by atoms with E-state index < -0.39 is 16.4 Å². The first-order valence-electron chi connectivity index (χ1n) is 7.63. The predicted octanol–water partition coefficient (Wildman–Crippen LogP) is 4.46. The molecule has 0 unspecified atom stereocenters. The Morgan fingerprint density at radius 3 is 2.26 bits per heavy atom. The van der Waals surface area contributed by atoms with Crippen molar-refractivity contribution in [2.24, 2.45) is 0 Å². The number of nitro groups is 1. The second-order valence-electron chi connectivity index (χ2n) is 5.15. The van der Waals surface area contributed by atoms with Crippen LogP contribution in [-0.4, -0.2) is 31.2 Å². The van der Waals surface area contributed by atoms with Crippen LogP contribution in [0.5, 0.6) is 11.5 Å². The van der Waals surface area contributed by atoms with Crippen molar-refractivity contribution in [2.45, 2.75) is 0 Å². The van der Waals surface area contributed by atoms with Crippen LogP contribution in [0.2, 0.25) is 5.02 Å². The van der Waals surface area contributed by atoms with Crippen molar-refractivity contribution in [3.8, 4) is 11.5 Å². The van der Waals surface area contributed by atoms with Gasteiger partial charge >= 0.3 is 5.70 Å². The third-order valence-electron chi connectivity index (χ3n) is 3.57. The fraction of sp³-hybridized carbons (Fsp3) is 0.167. The summed E-state index contributed by atoms with van der Waals surface area (Å²) in [5, 5.41) is 14.7. The van der Waals surface area contributed by atoms with Crippen molar-refractivity contribution in [2.75, 3.05) is 25.8 Å². The number of hydrogen-bond donors (Lipinski definition) is 1. The molecule has 0 saturated carbocycles. The van der Waals surface area contributed by atoms with Crippen LogP contribution in [0.1, 0.15) is 10.4 Å². The van der Waals surface area contributed by atoms with E-state index in [1.165, 1.54) is 26.4 Å². The smallest absolute Gasteiger partial charge is 0.346 e. The van der Waals surface area contributed by atoms with Gasteiger partial charge in [-0.2, -0.15) is 0 Å². The van der Waals surface area contributed by atoms with Crippen LogP contribution in [0.15, 0.2) is 53.2 Å². The number of halogens is 1. The summed E-state index contributed by atoms with van der Waals surface area (Å²) in [5.74, 6) is -0.272. The quantitative estimate of drug-likeness (QED) is 0.298. The molecule has 0 radical (unpaired) electrons. The van der Waals surface area contributed by atoms with Gasteiger partial charge in [0.1, 0.15) is 0 Å². The molecule has 142 valence electrons. The van der Waals surface area contributed by atoms with E-state index in [1.54, 1.807) is 30.5 Å². The molecule has 0 fully saturated rings. The molecular formula is C18H17ClN2O5S. The van der Waals surface area contributed by atoms with Gasteiger partial charge in [-0.3, -0.25) is 14.9 Å². The first-order chi connectivity index (χ1) is 12.9. The summed E-state index contributed by atoms with van der Waals surface area (Å²) in [7, 11) is 2.82. The van der Waals surface area contributed by atoms with E-state index in [0.717, 1.165) is 11.8 Å². The largest absolute Gasteiger partial charge is 0.493 e. The highest BCUT2D eigenvalue weighted by atomic mass is 35.5. The molecule has 7 nitrogen and oxygen atoms in total. The van der Waals surface area contributed by atoms with Crippen molar-refractivity contribution in [3.63, 3.8) is 0 Å². The minimum absolute atomic E-state index is 0.0252. The van der Waals surface area contributed by atoms with Crippen molar-refractivity contribution in [1.82, 2.24) is 0 Å². The summed E-state index contributed by atoms with van der Waals surface area (Å²) in [4.78, 5) is 23.9. The van der Waals surface area contributed by atoms with Gasteiger partial charge in [-0.1, -0.05) is 29.8 Å².